The molecule has 0 radical (unpaired) electrons. The highest BCUT2D eigenvalue weighted by Gasteiger charge is 2.10. The molecule has 0 unspecified atom stereocenters. The highest BCUT2D eigenvalue weighted by Crippen LogP contribution is 2.19. The van der Waals surface area contributed by atoms with Gasteiger partial charge < -0.3 is 41.2 Å². The Morgan fingerprint density at radius 1 is 0.795 bits per heavy atom. The van der Waals surface area contributed by atoms with Crippen molar-refractivity contribution in [2.75, 3.05) is 62.6 Å². The van der Waals surface area contributed by atoms with E-state index in [1.54, 1.807) is 25.3 Å². The molecule has 6 N–H and O–H groups in total. The third-order valence-electron chi connectivity index (χ3n) is 6.16. The molecule has 12 nitrogen and oxygen atoms in total. The topological polar surface area (TPSA) is 158 Å². The minimum atomic E-state index is -0.223. The maximum atomic E-state index is 12.7. The summed E-state index contributed by atoms with van der Waals surface area (Å²) in [5.41, 5.74) is 8.55. The van der Waals surface area contributed by atoms with E-state index in [2.05, 4.69) is 36.2 Å². The van der Waals surface area contributed by atoms with Gasteiger partial charge in [0.05, 0.1) is 33.5 Å². The lowest BCUT2D eigenvalue weighted by Crippen LogP contribution is -2.27. The SMILES string of the molecule is COc1ccc(CNc2nc(NCc3ccc(Cl)cc3)nc(Nc3cccc(C(=O)NCCOCCOCCN)c3)n2)cc1. The van der Waals surface area contributed by atoms with Gasteiger partial charge >= 0.3 is 0 Å². The van der Waals surface area contributed by atoms with E-state index in [-0.39, 0.29) is 5.91 Å². The zero-order valence-electron chi connectivity index (χ0n) is 24.5. The van der Waals surface area contributed by atoms with Gasteiger partial charge in [0.25, 0.3) is 5.91 Å². The summed E-state index contributed by atoms with van der Waals surface area (Å²) in [7, 11) is 1.63. The smallest absolute Gasteiger partial charge is 0.251 e. The molecule has 0 saturated heterocycles. The van der Waals surface area contributed by atoms with Gasteiger partial charge in [0.2, 0.25) is 17.8 Å². The van der Waals surface area contributed by atoms with Crippen molar-refractivity contribution >= 4 is 41.0 Å². The molecular weight excluding hydrogens is 584 g/mol. The van der Waals surface area contributed by atoms with E-state index in [1.165, 1.54) is 0 Å². The molecule has 4 rings (SSSR count). The lowest BCUT2D eigenvalue weighted by Gasteiger charge is -2.12. The van der Waals surface area contributed by atoms with Crippen molar-refractivity contribution in [2.24, 2.45) is 5.73 Å². The van der Waals surface area contributed by atoms with Gasteiger partial charge in [-0.3, -0.25) is 4.79 Å². The number of ether oxygens (including phenoxy) is 3. The molecule has 1 heterocycles. The van der Waals surface area contributed by atoms with Gasteiger partial charge in [-0.05, 0) is 53.6 Å². The summed E-state index contributed by atoms with van der Waals surface area (Å²) in [5.74, 6) is 1.61. The molecule has 0 bridgehead atoms. The van der Waals surface area contributed by atoms with Gasteiger partial charge in [-0.25, -0.2) is 0 Å². The number of nitrogens with one attached hydrogen (secondary N) is 4. The Hall–Kier alpha value is -4.49. The summed E-state index contributed by atoms with van der Waals surface area (Å²) >= 11 is 6.02. The number of methoxy groups -OCH3 is 1. The molecule has 1 aromatic heterocycles. The Labute approximate surface area is 261 Å². The first-order chi connectivity index (χ1) is 21.5. The van der Waals surface area contributed by atoms with Crippen LogP contribution in [0.15, 0.2) is 72.8 Å². The van der Waals surface area contributed by atoms with E-state index in [0.717, 1.165) is 16.9 Å². The number of nitrogens with two attached hydrogens (primary N) is 1. The fraction of sp³-hybridized carbons (Fsp3) is 0.290. The molecule has 0 atom stereocenters. The second-order valence-electron chi connectivity index (χ2n) is 9.46. The number of benzene rings is 3. The molecule has 0 saturated carbocycles. The van der Waals surface area contributed by atoms with Crippen LogP contribution in [0.25, 0.3) is 0 Å². The average Bonchev–Trinajstić information content (AvgIpc) is 3.05. The standard InChI is InChI=1S/C31H37ClN8O4/c1-42-27-11-7-23(8-12-27)21-36-30-38-29(35-20-22-5-9-25(32)10-6-22)39-31(40-30)37-26-4-2-3-24(19-26)28(41)34-14-16-44-18-17-43-15-13-33/h2-12,19H,13-18,20-21,33H2,1H3,(H,34,41)(H3,35,36,37,38,39,40). The zero-order valence-corrected chi connectivity index (χ0v) is 25.3. The van der Waals surface area contributed by atoms with Crippen LogP contribution >= 0.6 is 11.6 Å². The molecule has 0 aliphatic rings. The fourth-order valence-corrected chi connectivity index (χ4v) is 4.04. The number of nitrogens with zero attached hydrogens (tertiary/aromatic N) is 3. The monoisotopic (exact) mass is 620 g/mol. The van der Waals surface area contributed by atoms with E-state index in [0.29, 0.717) is 86.7 Å². The molecule has 0 aliphatic carbocycles. The van der Waals surface area contributed by atoms with Gasteiger partial charge in [-0.2, -0.15) is 15.0 Å². The zero-order chi connectivity index (χ0) is 31.0. The number of rotatable bonds is 18. The quantitative estimate of drug-likeness (QED) is 0.101. The highest BCUT2D eigenvalue weighted by atomic mass is 35.5. The maximum absolute atomic E-state index is 12.7. The van der Waals surface area contributed by atoms with Crippen molar-refractivity contribution in [1.29, 1.82) is 0 Å². The first-order valence-corrected chi connectivity index (χ1v) is 14.5. The second-order valence-corrected chi connectivity index (χ2v) is 9.90. The minimum Gasteiger partial charge on any atom is -0.497 e. The molecule has 0 fully saturated rings. The third kappa shape index (κ3) is 11.0. The highest BCUT2D eigenvalue weighted by molar-refractivity contribution is 6.30. The van der Waals surface area contributed by atoms with E-state index >= 15 is 0 Å². The first kappa shape index (κ1) is 32.4. The van der Waals surface area contributed by atoms with E-state index in [1.807, 2.05) is 54.6 Å². The number of hydrogen-bond acceptors (Lipinski definition) is 11. The number of hydrogen-bond donors (Lipinski definition) is 5. The summed E-state index contributed by atoms with van der Waals surface area (Å²) in [4.78, 5) is 26.4. The lowest BCUT2D eigenvalue weighted by molar-refractivity contribution is 0.0511. The predicted molar refractivity (Wildman–Crippen MR) is 172 cm³/mol. The molecule has 13 heteroatoms. The number of aromatic nitrogens is 3. The van der Waals surface area contributed by atoms with Gasteiger partial charge in [0.15, 0.2) is 0 Å². The van der Waals surface area contributed by atoms with Crippen molar-refractivity contribution in [1.82, 2.24) is 20.3 Å². The normalized spacial score (nSPS) is 10.7. The van der Waals surface area contributed by atoms with Crippen LogP contribution in [-0.2, 0) is 22.6 Å². The number of carbonyl (C=O) groups is 1. The summed E-state index contributed by atoms with van der Waals surface area (Å²) < 4.78 is 16.0. The van der Waals surface area contributed by atoms with E-state index < -0.39 is 0 Å². The largest absolute Gasteiger partial charge is 0.497 e. The van der Waals surface area contributed by atoms with Crippen molar-refractivity contribution in [3.8, 4) is 5.75 Å². The molecule has 0 spiro atoms. The molecular formula is C31H37ClN8O4. The molecule has 232 valence electrons. The average molecular weight is 621 g/mol. The van der Waals surface area contributed by atoms with Crippen molar-refractivity contribution in [3.05, 3.63) is 94.5 Å². The number of anilines is 4. The molecule has 4 aromatic rings. The molecule has 0 aliphatic heterocycles. The van der Waals surface area contributed by atoms with Gasteiger partial charge in [-0.15, -0.1) is 0 Å². The van der Waals surface area contributed by atoms with Gasteiger partial charge in [0, 0.05) is 42.5 Å². The molecule has 3 aromatic carbocycles. The van der Waals surface area contributed by atoms with Crippen molar-refractivity contribution < 1.29 is 19.0 Å². The van der Waals surface area contributed by atoms with Crippen LogP contribution in [0.4, 0.5) is 23.5 Å². The second kappa shape index (κ2) is 17.6. The van der Waals surface area contributed by atoms with Crippen LogP contribution in [0.3, 0.4) is 0 Å². The van der Waals surface area contributed by atoms with E-state index in [4.69, 9.17) is 31.5 Å². The lowest BCUT2D eigenvalue weighted by atomic mass is 10.2. The van der Waals surface area contributed by atoms with Crippen LogP contribution < -0.4 is 31.7 Å². The summed E-state index contributed by atoms with van der Waals surface area (Å²) in [5, 5.41) is 13.2. The van der Waals surface area contributed by atoms with Gasteiger partial charge in [0.1, 0.15) is 5.75 Å². The van der Waals surface area contributed by atoms with Crippen LogP contribution in [0.1, 0.15) is 21.5 Å². The Kier molecular flexibility index (Phi) is 13.0. The van der Waals surface area contributed by atoms with Crippen LogP contribution in [-0.4, -0.2) is 67.5 Å². The molecule has 1 amide bonds. The Morgan fingerprint density at radius 3 is 2.05 bits per heavy atom. The van der Waals surface area contributed by atoms with Crippen molar-refractivity contribution in [2.45, 2.75) is 13.1 Å². The fourth-order valence-electron chi connectivity index (χ4n) is 3.91. The Morgan fingerprint density at radius 2 is 1.41 bits per heavy atom. The van der Waals surface area contributed by atoms with Crippen LogP contribution in [0.5, 0.6) is 5.75 Å². The first-order valence-electron chi connectivity index (χ1n) is 14.1. The summed E-state index contributed by atoms with van der Waals surface area (Å²) in [6, 6.07) is 22.3. The molecule has 44 heavy (non-hydrogen) atoms. The van der Waals surface area contributed by atoms with Gasteiger partial charge in [-0.1, -0.05) is 41.9 Å². The Bertz CT molecular complexity index is 1460. The predicted octanol–water partition coefficient (Wildman–Crippen LogP) is 4.22. The summed E-state index contributed by atoms with van der Waals surface area (Å²) in [6.07, 6.45) is 0. The van der Waals surface area contributed by atoms with E-state index in [9.17, 15) is 4.79 Å². The number of halogens is 1. The summed E-state index contributed by atoms with van der Waals surface area (Å²) in [6.45, 7) is 3.59. The number of carbonyl (C=O) groups excluding carboxylic acids is 1. The Balaban J connectivity index is 1.40. The van der Waals surface area contributed by atoms with Crippen molar-refractivity contribution in [3.63, 3.8) is 0 Å². The minimum absolute atomic E-state index is 0.223. The third-order valence-corrected chi connectivity index (χ3v) is 6.41. The number of amides is 1. The van der Waals surface area contributed by atoms with Crippen LogP contribution in [0.2, 0.25) is 5.02 Å². The van der Waals surface area contributed by atoms with Crippen LogP contribution in [0, 0.1) is 0 Å². The maximum Gasteiger partial charge on any atom is 0.251 e.